The number of nitrogens with zero attached hydrogens (tertiary/aromatic N) is 1. The fourth-order valence-corrected chi connectivity index (χ4v) is 2.59. The van der Waals surface area contributed by atoms with Gasteiger partial charge in [-0.05, 0) is 37.2 Å². The molecule has 1 atom stereocenters. The van der Waals surface area contributed by atoms with Crippen molar-refractivity contribution >= 4 is 34.9 Å². The molecular formula is C18H14ClFN2O3. The molecule has 1 heterocycles. The second-order valence-electron chi connectivity index (χ2n) is 5.06. The van der Waals surface area contributed by atoms with Crippen LogP contribution in [0.3, 0.4) is 0 Å². The number of benzodiazepines with no additional fused rings is 1. The number of rotatable bonds is 3. The molecule has 1 aliphatic rings. The minimum Gasteiger partial charge on any atom is -0.464 e. The van der Waals surface area contributed by atoms with Crippen LogP contribution in [-0.4, -0.2) is 30.2 Å². The summed E-state index contributed by atoms with van der Waals surface area (Å²) in [5.41, 5.74) is 0.241. The van der Waals surface area contributed by atoms with E-state index in [-0.39, 0.29) is 27.5 Å². The molecule has 3 rings (SSSR count). The maximum Gasteiger partial charge on any atom is 0.340 e. The highest BCUT2D eigenvalue weighted by atomic mass is 35.5. The zero-order valence-corrected chi connectivity index (χ0v) is 13.3. The molecule has 25 heavy (non-hydrogen) atoms. The Morgan fingerprint density at radius 2 is 2.20 bits per heavy atom. The Kier molecular flexibility index (Phi) is 3.30. The third-order valence-corrected chi connectivity index (χ3v) is 3.74. The number of benzene rings is 2. The normalized spacial score (nSPS) is 20.4. The van der Waals surface area contributed by atoms with E-state index in [1.807, 2.05) is 0 Å². The average Bonchev–Trinajstić information content (AvgIpc) is 2.77. The molecule has 0 saturated carbocycles. The summed E-state index contributed by atoms with van der Waals surface area (Å²) in [6.45, 7) is -6.65. The van der Waals surface area contributed by atoms with Gasteiger partial charge in [-0.3, -0.25) is 9.79 Å². The smallest absolute Gasteiger partial charge is 0.340 e. The first-order chi connectivity index (χ1) is 13.9. The van der Waals surface area contributed by atoms with E-state index in [2.05, 4.69) is 15.0 Å². The van der Waals surface area contributed by atoms with Crippen molar-refractivity contribution in [2.75, 3.05) is 11.9 Å². The van der Waals surface area contributed by atoms with E-state index in [1.54, 1.807) is 0 Å². The van der Waals surface area contributed by atoms with Crippen molar-refractivity contribution in [2.45, 2.75) is 12.9 Å². The largest absolute Gasteiger partial charge is 0.464 e. The van der Waals surface area contributed by atoms with Gasteiger partial charge in [-0.25, -0.2) is 9.18 Å². The van der Waals surface area contributed by atoms with Gasteiger partial charge >= 0.3 is 5.97 Å². The summed E-state index contributed by atoms with van der Waals surface area (Å²) in [4.78, 5) is 29.1. The van der Waals surface area contributed by atoms with Gasteiger partial charge in [0, 0.05) is 20.3 Å². The first-order valence-electron chi connectivity index (χ1n) is 9.57. The van der Waals surface area contributed by atoms with Gasteiger partial charge in [0.25, 0.3) is 5.91 Å². The number of carbonyl (C=O) groups is 2. The van der Waals surface area contributed by atoms with Gasteiger partial charge < -0.3 is 10.1 Å². The number of carbonyl (C=O) groups excluding carboxylic acids is 2. The zero-order valence-electron chi connectivity index (χ0n) is 17.5. The lowest BCUT2D eigenvalue weighted by Gasteiger charge is -2.11. The van der Waals surface area contributed by atoms with Crippen LogP contribution in [0.5, 0.6) is 0 Å². The van der Waals surface area contributed by atoms with Gasteiger partial charge in [-0.1, -0.05) is 23.7 Å². The monoisotopic (exact) mass is 365 g/mol. The summed E-state index contributed by atoms with van der Waals surface area (Å²) >= 11 is 6.03. The molecule has 0 saturated heterocycles. The van der Waals surface area contributed by atoms with Crippen molar-refractivity contribution in [1.82, 2.24) is 0 Å². The van der Waals surface area contributed by atoms with Gasteiger partial charge in [0.05, 0.1) is 20.7 Å². The lowest BCUT2D eigenvalue weighted by molar-refractivity contribution is -0.146. The summed E-state index contributed by atoms with van der Waals surface area (Å²) in [5, 5.41) is 2.68. The van der Waals surface area contributed by atoms with Gasteiger partial charge in [0.15, 0.2) is 0 Å². The fourth-order valence-electron chi connectivity index (χ4n) is 2.41. The predicted octanol–water partition coefficient (Wildman–Crippen LogP) is 3.20. The summed E-state index contributed by atoms with van der Waals surface area (Å²) in [6, 6.07) is 7.82. The molecule has 7 heteroatoms. The van der Waals surface area contributed by atoms with Gasteiger partial charge in [-0.2, -0.15) is 0 Å². The summed E-state index contributed by atoms with van der Waals surface area (Å²) in [5.74, 6) is -3.24. The minimum absolute atomic E-state index is 0.0471. The van der Waals surface area contributed by atoms with Gasteiger partial charge in [0.1, 0.15) is 5.82 Å². The van der Waals surface area contributed by atoms with Crippen LogP contribution in [0, 0.1) is 5.82 Å². The van der Waals surface area contributed by atoms with E-state index in [4.69, 9.17) is 18.5 Å². The number of ether oxygens (including phenoxy) is 1. The Labute approximate surface area is 155 Å². The molecule has 1 unspecified atom stereocenters. The van der Waals surface area contributed by atoms with Crippen LogP contribution in [-0.2, 0) is 14.3 Å². The average molecular weight is 366 g/mol. The van der Waals surface area contributed by atoms with Crippen LogP contribution in [0.2, 0.25) is 5.02 Å². The molecule has 0 fully saturated rings. The highest BCUT2D eigenvalue weighted by Crippen LogP contribution is 2.28. The Morgan fingerprint density at radius 3 is 2.96 bits per heavy atom. The topological polar surface area (TPSA) is 67.8 Å². The standard InChI is InChI=1S/C18H14ClFN2O3/c1-2-25-18(24)16-17(23)21-14-8-7-10(19)9-12(14)15(22-16)11-5-3-4-6-13(11)20/h3-9,16H,2H2,1H3,(H,21,23)/i1D3,2D2. The zero-order chi connectivity index (χ0) is 22.3. The maximum atomic E-state index is 14.5. The van der Waals surface area contributed by atoms with Crippen LogP contribution in [0.15, 0.2) is 47.5 Å². The fraction of sp³-hybridized carbons (Fsp3) is 0.167. The molecule has 1 aliphatic heterocycles. The lowest BCUT2D eigenvalue weighted by Crippen LogP contribution is -2.34. The van der Waals surface area contributed by atoms with Crippen molar-refractivity contribution in [2.24, 2.45) is 4.99 Å². The molecule has 0 radical (unpaired) electrons. The maximum absolute atomic E-state index is 14.5. The number of esters is 1. The van der Waals surface area contributed by atoms with Crippen molar-refractivity contribution in [3.63, 3.8) is 0 Å². The molecule has 1 amide bonds. The Hall–Kier alpha value is -2.73. The van der Waals surface area contributed by atoms with Crippen molar-refractivity contribution in [3.05, 3.63) is 64.4 Å². The number of hydrogen-bond donors (Lipinski definition) is 1. The van der Waals surface area contributed by atoms with E-state index in [0.29, 0.717) is 0 Å². The van der Waals surface area contributed by atoms with E-state index in [0.717, 1.165) is 6.07 Å². The van der Waals surface area contributed by atoms with Crippen molar-refractivity contribution in [1.29, 1.82) is 0 Å². The van der Waals surface area contributed by atoms with Crippen LogP contribution in [0.1, 0.15) is 24.8 Å². The highest BCUT2D eigenvalue weighted by Gasteiger charge is 2.33. The van der Waals surface area contributed by atoms with Gasteiger partial charge in [-0.15, -0.1) is 0 Å². The quantitative estimate of drug-likeness (QED) is 0.671. The Morgan fingerprint density at radius 1 is 1.40 bits per heavy atom. The number of fused-ring (bicyclic) bond motifs is 1. The molecule has 0 spiro atoms. The molecule has 0 aliphatic carbocycles. The number of amides is 1. The van der Waals surface area contributed by atoms with E-state index in [1.165, 1.54) is 36.4 Å². The number of halogens is 2. The number of hydrogen-bond acceptors (Lipinski definition) is 4. The second-order valence-corrected chi connectivity index (χ2v) is 5.50. The predicted molar refractivity (Wildman–Crippen MR) is 92.5 cm³/mol. The summed E-state index contributed by atoms with van der Waals surface area (Å²) in [7, 11) is 0. The van der Waals surface area contributed by atoms with Crippen molar-refractivity contribution < 1.29 is 25.6 Å². The molecular weight excluding hydrogens is 347 g/mol. The van der Waals surface area contributed by atoms with E-state index in [9.17, 15) is 14.0 Å². The van der Waals surface area contributed by atoms with E-state index >= 15 is 0 Å². The number of aliphatic imine (C=N–C) groups is 1. The van der Waals surface area contributed by atoms with Gasteiger partial charge in [0.2, 0.25) is 6.04 Å². The van der Waals surface area contributed by atoms with Crippen molar-refractivity contribution in [3.8, 4) is 0 Å². The third kappa shape index (κ3) is 3.39. The van der Waals surface area contributed by atoms with Crippen LogP contribution < -0.4 is 5.32 Å². The Bertz CT molecular complexity index is 1060. The molecule has 2 aromatic carbocycles. The molecule has 5 nitrogen and oxygen atoms in total. The highest BCUT2D eigenvalue weighted by molar-refractivity contribution is 6.32. The molecule has 0 bridgehead atoms. The SMILES string of the molecule is [2H]C([2H])([2H])C([2H])([2H])OC(=O)C1N=C(c2ccccc2F)c2cc(Cl)ccc2NC1=O. The second kappa shape index (κ2) is 7.03. The summed E-state index contributed by atoms with van der Waals surface area (Å²) in [6.07, 6.45) is 0. The van der Waals surface area contributed by atoms with Crippen LogP contribution >= 0.6 is 11.6 Å². The molecule has 2 aromatic rings. The Balaban J connectivity index is 2.13. The molecule has 0 aromatic heterocycles. The van der Waals surface area contributed by atoms with Crippen LogP contribution in [0.25, 0.3) is 0 Å². The van der Waals surface area contributed by atoms with Crippen LogP contribution in [0.4, 0.5) is 10.1 Å². The minimum atomic E-state index is -3.36. The summed E-state index contributed by atoms with van der Waals surface area (Å²) < 4.78 is 55.3. The first kappa shape index (κ1) is 11.8. The number of nitrogens with one attached hydrogen (secondary N) is 1. The molecule has 1 N–H and O–H groups in total. The first-order valence-corrected chi connectivity index (χ1v) is 7.45. The lowest BCUT2D eigenvalue weighted by atomic mass is 10.00. The third-order valence-electron chi connectivity index (χ3n) is 3.51. The number of anilines is 1. The molecule has 128 valence electrons. The van der Waals surface area contributed by atoms with E-state index < -0.39 is 37.1 Å².